The number of hydrogen-bond acceptors (Lipinski definition) is 16. The van der Waals surface area contributed by atoms with Crippen molar-refractivity contribution in [3.8, 4) is 23.3 Å². The lowest BCUT2D eigenvalue weighted by molar-refractivity contribution is -0.366. The highest BCUT2D eigenvalue weighted by Gasteiger charge is 2.77. The Morgan fingerprint density at radius 1 is 0.840 bits per heavy atom. The number of ether oxygens (including phenoxy) is 2. The number of aryl methyl sites for hydroxylation is 1. The van der Waals surface area contributed by atoms with Gasteiger partial charge in [-0.15, -0.1) is 5.92 Å². The number of pyridine rings is 1. The van der Waals surface area contributed by atoms with E-state index < -0.39 is 93.0 Å². The van der Waals surface area contributed by atoms with Gasteiger partial charge < -0.3 is 66.9 Å². The molecule has 5 saturated carbocycles. The van der Waals surface area contributed by atoms with Gasteiger partial charge in [-0.3, -0.25) is 14.4 Å². The number of aromatic nitrogens is 4. The van der Waals surface area contributed by atoms with Gasteiger partial charge in [0.15, 0.2) is 17.5 Å². The van der Waals surface area contributed by atoms with Crippen LogP contribution in [0.3, 0.4) is 0 Å². The van der Waals surface area contributed by atoms with Crippen LogP contribution in [-0.4, -0.2) is 116 Å². The molecule has 484 valence electrons. The van der Waals surface area contributed by atoms with E-state index in [1.54, 1.807) is 37.4 Å². The fourth-order valence-electron chi connectivity index (χ4n) is 23.3. The predicted octanol–water partition coefficient (Wildman–Crippen LogP) is 8.45. The van der Waals surface area contributed by atoms with Gasteiger partial charge in [0, 0.05) is 93.6 Å². The summed E-state index contributed by atoms with van der Waals surface area (Å²) < 4.78 is 15.1. The summed E-state index contributed by atoms with van der Waals surface area (Å²) in [5.41, 5.74) is 14.6. The zero-order valence-electron chi connectivity index (χ0n) is 52.7. The topological polar surface area (TPSA) is 312 Å². The third kappa shape index (κ3) is 7.17. The third-order valence-electron chi connectivity index (χ3n) is 27.1. The van der Waals surface area contributed by atoms with Gasteiger partial charge in [-0.25, -0.2) is 9.97 Å². The smallest absolute Gasteiger partial charge is 0.261 e. The molecule has 0 radical (unpaired) electrons. The molecule has 3 aromatic carbocycles. The largest absolute Gasteiger partial charge is 0.507 e. The lowest BCUT2D eigenvalue weighted by atomic mass is 9.45. The van der Waals surface area contributed by atoms with Crippen molar-refractivity contribution >= 4 is 39.5 Å². The number of imidazole rings is 1. The van der Waals surface area contributed by atoms with Crippen LogP contribution in [0.25, 0.3) is 16.3 Å². The monoisotopic (exact) mass is 1270 g/mol. The van der Waals surface area contributed by atoms with Crippen LogP contribution >= 0.6 is 0 Å². The van der Waals surface area contributed by atoms with E-state index in [-0.39, 0.29) is 75.2 Å². The molecule has 7 heterocycles. The molecule has 3 aromatic heterocycles. The van der Waals surface area contributed by atoms with E-state index in [1.165, 1.54) is 6.07 Å². The molecule has 16 atom stereocenters. The maximum absolute atomic E-state index is 15.6. The average Bonchev–Trinajstić information content (AvgIpc) is 1.37. The highest BCUT2D eigenvalue weighted by atomic mass is 16.7. The first-order valence-electron chi connectivity index (χ1n) is 34.6. The van der Waals surface area contributed by atoms with E-state index in [9.17, 15) is 35.4 Å². The fourth-order valence-corrected chi connectivity index (χ4v) is 23.3. The number of aliphatic hydroxyl groups is 5. The number of aromatic amines is 2. The first-order valence-corrected chi connectivity index (χ1v) is 34.6. The number of ketones is 3. The molecule has 10 aliphatic carbocycles. The highest BCUT2D eigenvalue weighted by molar-refractivity contribution is 6.34. The van der Waals surface area contributed by atoms with Gasteiger partial charge in [-0.1, -0.05) is 55.0 Å². The second-order valence-corrected chi connectivity index (χ2v) is 31.3. The maximum Gasteiger partial charge on any atom is 0.261 e. The Balaban J connectivity index is 0.889. The number of anilines is 1. The average molecular weight is 1270 g/mol. The lowest BCUT2D eigenvalue weighted by Gasteiger charge is -2.64. The summed E-state index contributed by atoms with van der Waals surface area (Å²) in [7, 11) is 0. The van der Waals surface area contributed by atoms with Gasteiger partial charge in [0.05, 0.1) is 52.6 Å². The van der Waals surface area contributed by atoms with Crippen LogP contribution in [0.5, 0.6) is 11.5 Å². The summed E-state index contributed by atoms with van der Waals surface area (Å²) in [6, 6.07) is 16.7. The number of nitrogens with zero attached hydrogens (tertiary/aromatic N) is 2. The van der Waals surface area contributed by atoms with Crippen LogP contribution in [0.2, 0.25) is 0 Å². The lowest BCUT2D eigenvalue weighted by Crippen LogP contribution is -2.79. The standard InChI is InChI=1S/C76H79N7O11/c1-36-24-46-54(50(85)25-36)61(88)56-51-28-45-44(55(56)60(46)87)16-23-79-68(45)80-33-53(86)73-20-14-38-6-4-7-40-8-5-9-41-30-72(19-15-43(84)27-42(72)26-37-10-12-39(13-11-37)67(77)78)63-64(82-35-81-63)75(40,41)52-29-47(57(38)73)59(83-52)48-31-74(93-51)65(90)62(89)66(91)76(94-74)58(48)49(73)32-71(69(76)92)22-21-70(34-71)17-2-3-18-70/h10-13,16,23-25,28-29,31,35,38,40-42,53,57,62,65-67,69,83,85-86,89-92H,2-3,5,7-9,14-15,17-22,26-27,30,32-34,77-78H2,1H3,(H,79,80)(H,81,82). The van der Waals surface area contributed by atoms with E-state index in [2.05, 4.69) is 45.3 Å². The van der Waals surface area contributed by atoms with Crippen molar-refractivity contribution < 1.29 is 54.5 Å². The zero-order chi connectivity index (χ0) is 64.1. The Hall–Kier alpha value is -7.31. The number of rotatable bonds is 3. The molecule has 16 unspecified atom stereocenters. The van der Waals surface area contributed by atoms with Gasteiger partial charge in [0.25, 0.3) is 5.79 Å². The summed E-state index contributed by atoms with van der Waals surface area (Å²) in [4.78, 5) is 63.3. The SMILES string of the molecule is Cc1cc(O)c2c(c1)C(=O)c1c(c3cc4c(nccc14)NCC(O)C14CCC5C#CCC6CCCC7CC8(CCC(=O)CC8Cc8ccc(C(N)N)cc8)c8nc[nH]c8C67c6cc(c([nH]6)C6=CC7(O3)OC3(C6=C1CC1(CCC6(CCCC6)C1)C3O)C(O)C(O)C7O)C54)C2=O. The fraction of sp³-hybridized carbons (Fsp3) is 0.513. The van der Waals surface area contributed by atoms with Gasteiger partial charge in [-0.2, -0.15) is 0 Å². The highest BCUT2D eigenvalue weighted by Crippen LogP contribution is 2.75. The third-order valence-corrected chi connectivity index (χ3v) is 27.1. The molecule has 18 nitrogen and oxygen atoms in total. The normalized spacial score (nSPS) is 38.1. The minimum atomic E-state index is -2.54. The Labute approximate surface area is 543 Å². The molecule has 13 N–H and O–H groups in total. The van der Waals surface area contributed by atoms with Crippen molar-refractivity contribution in [2.45, 2.75) is 194 Å². The van der Waals surface area contributed by atoms with Crippen LogP contribution in [0, 0.1) is 58.7 Å². The van der Waals surface area contributed by atoms with Crippen molar-refractivity contribution in [3.05, 3.63) is 152 Å². The van der Waals surface area contributed by atoms with E-state index in [4.69, 9.17) is 30.9 Å². The van der Waals surface area contributed by atoms with Crippen LogP contribution < -0.4 is 21.5 Å². The van der Waals surface area contributed by atoms with Crippen molar-refractivity contribution in [1.29, 1.82) is 0 Å². The van der Waals surface area contributed by atoms with Gasteiger partial charge in [0.1, 0.15) is 35.3 Å². The van der Waals surface area contributed by atoms with Crippen LogP contribution in [0.15, 0.2) is 84.3 Å². The maximum atomic E-state index is 15.6. The number of nitrogens with one attached hydrogen (secondary N) is 3. The minimum Gasteiger partial charge on any atom is -0.507 e. The van der Waals surface area contributed by atoms with Gasteiger partial charge >= 0.3 is 0 Å². The molecule has 0 amide bonds. The minimum absolute atomic E-state index is 0.00425. The quantitative estimate of drug-likeness (QED) is 0.0584. The molecule has 14 aliphatic rings. The molecular formula is C76H79N7O11. The molecule has 4 aliphatic heterocycles. The zero-order valence-corrected chi connectivity index (χ0v) is 52.7. The molecule has 1 saturated heterocycles. The van der Waals surface area contributed by atoms with E-state index in [1.807, 2.05) is 18.5 Å². The van der Waals surface area contributed by atoms with Crippen molar-refractivity contribution in [1.82, 2.24) is 19.9 Å². The number of carbonyl (C=O) groups excluding carboxylic acids is 3. The number of Topliss-reactive ketones (excluding diaryl/α,β-unsaturated/α-hetero) is 1. The molecular weight excluding hydrogens is 1190 g/mol. The number of nitrogens with two attached hydrogens (primary N) is 2. The summed E-state index contributed by atoms with van der Waals surface area (Å²) >= 11 is 0. The van der Waals surface area contributed by atoms with Crippen molar-refractivity contribution in [2.75, 3.05) is 11.9 Å². The second kappa shape index (κ2) is 19.5. The molecule has 18 heteroatoms. The summed E-state index contributed by atoms with van der Waals surface area (Å²) in [6.07, 6.45) is 9.21. The number of phenols is 1. The Morgan fingerprint density at radius 3 is 2.48 bits per heavy atom. The van der Waals surface area contributed by atoms with Crippen LogP contribution in [-0.2, 0) is 26.8 Å². The Bertz CT molecular complexity index is 4510. The molecule has 6 fully saturated rings. The number of H-pyrrole nitrogens is 2. The van der Waals surface area contributed by atoms with Crippen LogP contribution in [0.4, 0.5) is 5.82 Å². The number of aromatic hydroxyl groups is 1. The van der Waals surface area contributed by atoms with E-state index in [0.717, 1.165) is 97.1 Å². The number of fused-ring (bicyclic) bond motifs is 8. The molecule has 7 spiro atoms. The molecule has 20 rings (SSSR count). The number of benzene rings is 3. The summed E-state index contributed by atoms with van der Waals surface area (Å²) in [5.74, 6) is 2.99. The number of carbonyl (C=O) groups is 3. The summed E-state index contributed by atoms with van der Waals surface area (Å²) in [5, 5.41) is 84.7. The van der Waals surface area contributed by atoms with Gasteiger partial charge in [-0.05, 0) is 183 Å². The molecule has 94 heavy (non-hydrogen) atoms. The predicted molar refractivity (Wildman–Crippen MR) is 345 cm³/mol. The first-order chi connectivity index (χ1) is 45.3. The Kier molecular flexibility index (Phi) is 12.0. The number of aliphatic hydroxyl groups excluding tert-OH is 5. The van der Waals surface area contributed by atoms with Crippen molar-refractivity contribution in [3.63, 3.8) is 0 Å². The van der Waals surface area contributed by atoms with Gasteiger partial charge in [0.2, 0.25) is 5.78 Å². The molecule has 6 aromatic rings. The van der Waals surface area contributed by atoms with Crippen molar-refractivity contribution in [2.24, 2.45) is 51.4 Å². The number of hydrogen-bond donors (Lipinski definition) is 11. The van der Waals surface area contributed by atoms with E-state index >= 15 is 9.59 Å². The number of phenolic OH excluding ortho intramolecular Hbond substituents is 1. The second-order valence-electron chi connectivity index (χ2n) is 31.3. The van der Waals surface area contributed by atoms with Crippen LogP contribution in [0.1, 0.15) is 205 Å². The summed E-state index contributed by atoms with van der Waals surface area (Å²) in [6.45, 7) is 1.66. The Morgan fingerprint density at radius 2 is 1.66 bits per heavy atom. The van der Waals surface area contributed by atoms with E-state index in [0.29, 0.717) is 97.4 Å². The molecule has 10 bridgehead atoms. The first kappa shape index (κ1) is 58.1.